The van der Waals surface area contributed by atoms with Crippen LogP contribution in [0.4, 0.5) is 0 Å². The van der Waals surface area contributed by atoms with Crippen LogP contribution >= 0.6 is 12.4 Å². The van der Waals surface area contributed by atoms with Crippen molar-refractivity contribution < 1.29 is 17.9 Å². The van der Waals surface area contributed by atoms with E-state index >= 15 is 0 Å². The molecule has 8 heteroatoms. The van der Waals surface area contributed by atoms with Gasteiger partial charge in [0.05, 0.1) is 14.2 Å². The molecule has 1 aromatic rings. The van der Waals surface area contributed by atoms with Gasteiger partial charge in [-0.2, -0.15) is 4.31 Å². The Morgan fingerprint density at radius 1 is 1.14 bits per heavy atom. The summed E-state index contributed by atoms with van der Waals surface area (Å²) < 4.78 is 37.7. The van der Waals surface area contributed by atoms with E-state index in [1.54, 1.807) is 16.4 Å². The van der Waals surface area contributed by atoms with E-state index in [0.717, 1.165) is 13.1 Å². The number of halogens is 1. The first-order valence-corrected chi connectivity index (χ1v) is 8.43. The van der Waals surface area contributed by atoms with E-state index in [0.29, 0.717) is 36.4 Å². The summed E-state index contributed by atoms with van der Waals surface area (Å²) >= 11 is 0. The molecule has 2 heterocycles. The van der Waals surface area contributed by atoms with Crippen LogP contribution < -0.4 is 14.8 Å². The Labute approximate surface area is 137 Å². The second-order valence-electron chi connectivity index (χ2n) is 5.52. The highest BCUT2D eigenvalue weighted by Gasteiger charge is 2.42. The third-order valence-corrected chi connectivity index (χ3v) is 6.20. The van der Waals surface area contributed by atoms with Gasteiger partial charge in [0.1, 0.15) is 16.4 Å². The molecule has 0 spiro atoms. The van der Waals surface area contributed by atoms with E-state index in [9.17, 15) is 8.42 Å². The van der Waals surface area contributed by atoms with Gasteiger partial charge in [0, 0.05) is 19.2 Å². The van der Waals surface area contributed by atoms with Crippen molar-refractivity contribution in [3.8, 4) is 11.5 Å². The summed E-state index contributed by atoms with van der Waals surface area (Å²) in [5, 5.41) is 3.31. The van der Waals surface area contributed by atoms with Crippen LogP contribution in [0.25, 0.3) is 0 Å². The number of sulfonamides is 1. The molecule has 2 aliphatic heterocycles. The van der Waals surface area contributed by atoms with Crippen LogP contribution in [0.5, 0.6) is 11.5 Å². The number of fused-ring (bicyclic) bond motifs is 1. The monoisotopic (exact) mass is 348 g/mol. The molecule has 124 valence electrons. The standard InChI is InChI=1S/C14H20N2O4S.ClH/c1-19-12-3-4-13(20-2)14(5-12)21(17,18)16-8-10-6-15-7-11(10)9-16;/h3-5,10-11,15H,6-9H2,1-2H3;1H/t10-,11+;. The van der Waals surface area contributed by atoms with Gasteiger partial charge in [-0.05, 0) is 37.1 Å². The maximum atomic E-state index is 12.9. The maximum Gasteiger partial charge on any atom is 0.246 e. The van der Waals surface area contributed by atoms with Crippen molar-refractivity contribution in [2.45, 2.75) is 4.90 Å². The fraction of sp³-hybridized carbons (Fsp3) is 0.571. The number of methoxy groups -OCH3 is 2. The lowest BCUT2D eigenvalue weighted by Crippen LogP contribution is -2.32. The molecule has 0 amide bonds. The normalized spacial score (nSPS) is 24.6. The number of hydrogen-bond donors (Lipinski definition) is 1. The van der Waals surface area contributed by atoms with Crippen molar-refractivity contribution in [1.82, 2.24) is 9.62 Å². The summed E-state index contributed by atoms with van der Waals surface area (Å²) in [4.78, 5) is 0.178. The lowest BCUT2D eigenvalue weighted by Gasteiger charge is -2.19. The summed E-state index contributed by atoms with van der Waals surface area (Å²) in [6.07, 6.45) is 0. The van der Waals surface area contributed by atoms with E-state index in [1.807, 2.05) is 0 Å². The zero-order chi connectivity index (χ0) is 15.0. The SMILES string of the molecule is COc1ccc(OC)c(S(=O)(=O)N2C[C@H]3CNC[C@H]3C2)c1.Cl. The average molecular weight is 349 g/mol. The van der Waals surface area contributed by atoms with Gasteiger partial charge < -0.3 is 14.8 Å². The molecule has 6 nitrogen and oxygen atoms in total. The molecular weight excluding hydrogens is 328 g/mol. The van der Waals surface area contributed by atoms with E-state index in [1.165, 1.54) is 20.3 Å². The maximum absolute atomic E-state index is 12.9. The summed E-state index contributed by atoms with van der Waals surface area (Å²) in [6, 6.07) is 4.85. The fourth-order valence-corrected chi connectivity index (χ4v) is 4.86. The van der Waals surface area contributed by atoms with Gasteiger partial charge in [-0.15, -0.1) is 12.4 Å². The predicted molar refractivity (Wildman–Crippen MR) is 85.4 cm³/mol. The van der Waals surface area contributed by atoms with Crippen molar-refractivity contribution in [2.24, 2.45) is 11.8 Å². The molecule has 1 aromatic carbocycles. The Kier molecular flexibility index (Phi) is 5.21. The Hall–Kier alpha value is -1.02. The summed E-state index contributed by atoms with van der Waals surface area (Å²) in [5.41, 5.74) is 0. The smallest absolute Gasteiger partial charge is 0.246 e. The zero-order valence-corrected chi connectivity index (χ0v) is 14.2. The lowest BCUT2D eigenvalue weighted by atomic mass is 10.0. The van der Waals surface area contributed by atoms with Gasteiger partial charge in [-0.1, -0.05) is 0 Å². The highest BCUT2D eigenvalue weighted by molar-refractivity contribution is 7.89. The lowest BCUT2D eigenvalue weighted by molar-refractivity contribution is 0.387. The third kappa shape index (κ3) is 2.90. The number of nitrogens with zero attached hydrogens (tertiary/aromatic N) is 1. The van der Waals surface area contributed by atoms with Gasteiger partial charge >= 0.3 is 0 Å². The molecule has 1 N–H and O–H groups in total. The number of hydrogen-bond acceptors (Lipinski definition) is 5. The second-order valence-corrected chi connectivity index (χ2v) is 7.42. The summed E-state index contributed by atoms with van der Waals surface area (Å²) in [7, 11) is -0.562. The van der Waals surface area contributed by atoms with Crippen molar-refractivity contribution in [2.75, 3.05) is 40.4 Å². The van der Waals surface area contributed by atoms with Crippen molar-refractivity contribution in [3.63, 3.8) is 0 Å². The predicted octanol–water partition coefficient (Wildman–Crippen LogP) is 0.966. The first-order valence-electron chi connectivity index (χ1n) is 6.99. The van der Waals surface area contributed by atoms with Gasteiger partial charge in [0.15, 0.2) is 0 Å². The van der Waals surface area contributed by atoms with Gasteiger partial charge in [-0.25, -0.2) is 8.42 Å². The fourth-order valence-electron chi connectivity index (χ4n) is 3.13. The minimum Gasteiger partial charge on any atom is -0.497 e. The Morgan fingerprint density at radius 2 is 1.77 bits per heavy atom. The topological polar surface area (TPSA) is 67.9 Å². The first-order chi connectivity index (χ1) is 10.1. The van der Waals surface area contributed by atoms with E-state index in [4.69, 9.17) is 9.47 Å². The Balaban J connectivity index is 0.00000176. The number of benzene rings is 1. The largest absolute Gasteiger partial charge is 0.497 e. The Bertz CT molecular complexity index is 626. The molecule has 2 saturated heterocycles. The molecule has 0 saturated carbocycles. The third-order valence-electron chi connectivity index (χ3n) is 4.34. The zero-order valence-electron chi connectivity index (χ0n) is 12.6. The second kappa shape index (κ2) is 6.62. The van der Waals surface area contributed by atoms with Crippen molar-refractivity contribution >= 4 is 22.4 Å². The van der Waals surface area contributed by atoms with Crippen LogP contribution in [0.3, 0.4) is 0 Å². The van der Waals surface area contributed by atoms with E-state index in [-0.39, 0.29) is 17.3 Å². The molecule has 0 unspecified atom stereocenters. The highest BCUT2D eigenvalue weighted by atomic mass is 35.5. The molecular formula is C14H21ClN2O4S. The van der Waals surface area contributed by atoms with Crippen LogP contribution in [0.2, 0.25) is 0 Å². The minimum atomic E-state index is -3.56. The molecule has 0 bridgehead atoms. The van der Waals surface area contributed by atoms with E-state index < -0.39 is 10.0 Å². The van der Waals surface area contributed by atoms with Gasteiger partial charge in [0.25, 0.3) is 0 Å². The molecule has 2 aliphatic rings. The van der Waals surface area contributed by atoms with Crippen molar-refractivity contribution in [3.05, 3.63) is 18.2 Å². The number of ether oxygens (including phenoxy) is 2. The van der Waals surface area contributed by atoms with Crippen LogP contribution in [-0.4, -0.2) is 53.1 Å². The number of nitrogens with one attached hydrogen (secondary N) is 1. The molecule has 2 fully saturated rings. The summed E-state index contributed by atoms with van der Waals surface area (Å²) in [5.74, 6) is 1.69. The quantitative estimate of drug-likeness (QED) is 0.878. The summed E-state index contributed by atoms with van der Waals surface area (Å²) in [6.45, 7) is 2.93. The minimum absolute atomic E-state index is 0. The van der Waals surface area contributed by atoms with Gasteiger partial charge in [-0.3, -0.25) is 0 Å². The highest BCUT2D eigenvalue weighted by Crippen LogP contribution is 2.35. The van der Waals surface area contributed by atoms with Crippen LogP contribution in [0, 0.1) is 11.8 Å². The molecule has 0 aliphatic carbocycles. The van der Waals surface area contributed by atoms with E-state index in [2.05, 4.69) is 5.32 Å². The molecule has 3 rings (SSSR count). The average Bonchev–Trinajstić information content (AvgIpc) is 3.08. The first kappa shape index (κ1) is 17.3. The van der Waals surface area contributed by atoms with Crippen molar-refractivity contribution in [1.29, 1.82) is 0 Å². The van der Waals surface area contributed by atoms with Crippen LogP contribution in [-0.2, 0) is 10.0 Å². The molecule has 0 aromatic heterocycles. The van der Waals surface area contributed by atoms with Crippen LogP contribution in [0.1, 0.15) is 0 Å². The molecule has 22 heavy (non-hydrogen) atoms. The molecule has 0 radical (unpaired) electrons. The number of rotatable bonds is 4. The molecule has 2 atom stereocenters. The van der Waals surface area contributed by atoms with Crippen LogP contribution in [0.15, 0.2) is 23.1 Å². The van der Waals surface area contributed by atoms with Gasteiger partial charge in [0.2, 0.25) is 10.0 Å². The Morgan fingerprint density at radius 3 is 2.32 bits per heavy atom.